The molecular formula is C17H26O3. The number of methoxy groups -OCH3 is 1. The van der Waals surface area contributed by atoms with Gasteiger partial charge in [0.1, 0.15) is 0 Å². The van der Waals surface area contributed by atoms with Crippen LogP contribution in [0.5, 0.6) is 0 Å². The number of carbonyl (C=O) groups excluding carboxylic acids is 2. The number of ether oxygens (including phenoxy) is 1. The molecule has 0 aromatic rings. The number of unbranched alkanes of at least 4 members (excludes halogenated alkanes) is 2. The van der Waals surface area contributed by atoms with E-state index in [0.717, 1.165) is 32.1 Å². The van der Waals surface area contributed by atoms with Gasteiger partial charge in [-0.2, -0.15) is 0 Å². The topological polar surface area (TPSA) is 43.4 Å². The van der Waals surface area contributed by atoms with Crippen LogP contribution in [0.25, 0.3) is 0 Å². The summed E-state index contributed by atoms with van der Waals surface area (Å²) >= 11 is 0. The minimum Gasteiger partial charge on any atom is -0.469 e. The Labute approximate surface area is 121 Å². The summed E-state index contributed by atoms with van der Waals surface area (Å²) in [5, 5.41) is 0. The normalized spacial score (nSPS) is 31.9. The molecule has 0 saturated heterocycles. The van der Waals surface area contributed by atoms with Gasteiger partial charge in [0.25, 0.3) is 0 Å². The molecule has 2 bridgehead atoms. The van der Waals surface area contributed by atoms with Gasteiger partial charge in [-0.1, -0.05) is 25.8 Å². The lowest BCUT2D eigenvalue weighted by molar-refractivity contribution is -0.148. The molecule has 0 unspecified atom stereocenters. The molecule has 0 aliphatic heterocycles. The first kappa shape index (κ1) is 15.3. The average molecular weight is 278 g/mol. The molecular weight excluding hydrogens is 252 g/mol. The molecule has 20 heavy (non-hydrogen) atoms. The van der Waals surface area contributed by atoms with Gasteiger partial charge in [0, 0.05) is 6.42 Å². The number of esters is 1. The second-order valence-electron chi connectivity index (χ2n) is 6.24. The quantitative estimate of drug-likeness (QED) is 0.406. The van der Waals surface area contributed by atoms with Gasteiger partial charge in [0.2, 0.25) is 0 Å². The van der Waals surface area contributed by atoms with Crippen LogP contribution in [0.3, 0.4) is 0 Å². The monoisotopic (exact) mass is 278 g/mol. The smallest absolute Gasteiger partial charge is 0.309 e. The van der Waals surface area contributed by atoms with Gasteiger partial charge >= 0.3 is 5.97 Å². The summed E-state index contributed by atoms with van der Waals surface area (Å²) in [4.78, 5) is 23.8. The highest BCUT2D eigenvalue weighted by Gasteiger charge is 2.50. The zero-order chi connectivity index (χ0) is 14.5. The first-order valence-corrected chi connectivity index (χ1v) is 7.96. The van der Waals surface area contributed by atoms with Crippen LogP contribution in [0.2, 0.25) is 0 Å². The van der Waals surface area contributed by atoms with Crippen LogP contribution in [0.4, 0.5) is 0 Å². The van der Waals surface area contributed by atoms with Crippen molar-refractivity contribution in [2.24, 2.45) is 23.7 Å². The van der Waals surface area contributed by atoms with Gasteiger partial charge in [0.15, 0.2) is 5.78 Å². The van der Waals surface area contributed by atoms with E-state index in [2.05, 4.69) is 6.92 Å². The second kappa shape index (κ2) is 7.05. The summed E-state index contributed by atoms with van der Waals surface area (Å²) in [5.41, 5.74) is 0. The third kappa shape index (κ3) is 3.31. The average Bonchev–Trinajstić information content (AvgIpc) is 3.05. The molecule has 0 aromatic heterocycles. The molecule has 0 N–H and O–H groups in total. The molecule has 2 fully saturated rings. The van der Waals surface area contributed by atoms with E-state index in [9.17, 15) is 9.59 Å². The highest BCUT2D eigenvalue weighted by atomic mass is 16.5. The maximum Gasteiger partial charge on any atom is 0.309 e. The van der Waals surface area contributed by atoms with Crippen LogP contribution >= 0.6 is 0 Å². The Morgan fingerprint density at radius 2 is 1.95 bits per heavy atom. The van der Waals surface area contributed by atoms with Crippen LogP contribution in [-0.2, 0) is 14.3 Å². The molecule has 2 rings (SSSR count). The number of hydrogen-bond acceptors (Lipinski definition) is 3. The number of carbonyl (C=O) groups is 2. The Bertz CT molecular complexity index is 386. The Hall–Kier alpha value is -1.12. The molecule has 2 aliphatic rings. The van der Waals surface area contributed by atoms with Gasteiger partial charge in [-0.25, -0.2) is 0 Å². The molecule has 0 spiro atoms. The van der Waals surface area contributed by atoms with Crippen molar-refractivity contribution in [2.45, 2.75) is 51.9 Å². The maximum atomic E-state index is 11.9. The van der Waals surface area contributed by atoms with E-state index >= 15 is 0 Å². The van der Waals surface area contributed by atoms with Gasteiger partial charge in [-0.3, -0.25) is 9.59 Å². The lowest BCUT2D eigenvalue weighted by atomic mass is 9.79. The van der Waals surface area contributed by atoms with E-state index in [-0.39, 0.29) is 23.6 Å². The van der Waals surface area contributed by atoms with Crippen LogP contribution in [-0.4, -0.2) is 18.9 Å². The van der Waals surface area contributed by atoms with E-state index in [1.165, 1.54) is 13.5 Å². The lowest BCUT2D eigenvalue weighted by Crippen LogP contribution is -2.29. The van der Waals surface area contributed by atoms with E-state index in [1.807, 2.05) is 6.08 Å². The Morgan fingerprint density at radius 3 is 2.65 bits per heavy atom. The minimum atomic E-state index is -0.0923. The predicted molar refractivity (Wildman–Crippen MR) is 78.1 cm³/mol. The van der Waals surface area contributed by atoms with Crippen LogP contribution in [0.15, 0.2) is 12.2 Å². The van der Waals surface area contributed by atoms with Crippen molar-refractivity contribution in [3.63, 3.8) is 0 Å². The van der Waals surface area contributed by atoms with Crippen LogP contribution in [0, 0.1) is 23.7 Å². The van der Waals surface area contributed by atoms with Crippen LogP contribution in [0.1, 0.15) is 51.9 Å². The lowest BCUT2D eigenvalue weighted by Gasteiger charge is -2.26. The predicted octanol–water partition coefficient (Wildman–Crippen LogP) is 3.53. The summed E-state index contributed by atoms with van der Waals surface area (Å²) in [6, 6.07) is 0. The molecule has 0 amide bonds. The third-order valence-electron chi connectivity index (χ3n) is 4.99. The molecule has 3 heteroatoms. The summed E-state index contributed by atoms with van der Waals surface area (Å²) in [5.74, 6) is 1.35. The van der Waals surface area contributed by atoms with E-state index < -0.39 is 0 Å². The summed E-state index contributed by atoms with van der Waals surface area (Å²) in [6.45, 7) is 2.14. The summed E-state index contributed by atoms with van der Waals surface area (Å²) in [7, 11) is 1.46. The zero-order valence-corrected chi connectivity index (χ0v) is 12.6. The first-order chi connectivity index (χ1) is 9.67. The van der Waals surface area contributed by atoms with E-state index in [4.69, 9.17) is 4.74 Å². The number of fused-ring (bicyclic) bond motifs is 2. The van der Waals surface area contributed by atoms with Gasteiger partial charge in [-0.15, -0.1) is 0 Å². The molecule has 2 aliphatic carbocycles. The Kier molecular flexibility index (Phi) is 5.38. The minimum absolute atomic E-state index is 0.0153. The van der Waals surface area contributed by atoms with Crippen molar-refractivity contribution >= 4 is 11.8 Å². The number of allylic oxidation sites excluding steroid dienone is 2. The highest BCUT2D eigenvalue weighted by Crippen LogP contribution is 2.53. The fraction of sp³-hybridized carbons (Fsp3) is 0.765. The molecule has 3 nitrogen and oxygen atoms in total. The number of ketones is 1. The Morgan fingerprint density at radius 1 is 1.20 bits per heavy atom. The summed E-state index contributed by atoms with van der Waals surface area (Å²) in [6.07, 6.45) is 11.0. The molecule has 112 valence electrons. The molecule has 4 atom stereocenters. The van der Waals surface area contributed by atoms with Crippen molar-refractivity contribution in [1.29, 1.82) is 0 Å². The van der Waals surface area contributed by atoms with Crippen molar-refractivity contribution in [3.05, 3.63) is 12.2 Å². The third-order valence-corrected chi connectivity index (χ3v) is 4.99. The van der Waals surface area contributed by atoms with Gasteiger partial charge in [0.05, 0.1) is 13.0 Å². The summed E-state index contributed by atoms with van der Waals surface area (Å²) < 4.78 is 4.95. The van der Waals surface area contributed by atoms with Crippen LogP contribution < -0.4 is 0 Å². The Balaban J connectivity index is 1.93. The number of hydrogen-bond donors (Lipinski definition) is 0. The van der Waals surface area contributed by atoms with E-state index in [0.29, 0.717) is 18.3 Å². The fourth-order valence-electron chi connectivity index (χ4n) is 3.95. The maximum absolute atomic E-state index is 11.9. The molecule has 0 aromatic carbocycles. The number of rotatable bonds is 7. The molecule has 0 heterocycles. The standard InChI is InChI=1S/C17H26O3/c1-3-4-5-6-14(18)9-10-15-12-7-8-13(11-12)16(15)17(19)20-2/h9-10,12-13,15-16H,3-8,11H2,1-2H3/b10-9+/t12-,13+,15+,16+/m1/s1. The van der Waals surface area contributed by atoms with Crippen molar-refractivity contribution in [2.75, 3.05) is 7.11 Å². The molecule has 2 saturated carbocycles. The second-order valence-corrected chi connectivity index (χ2v) is 6.24. The van der Waals surface area contributed by atoms with Crippen molar-refractivity contribution < 1.29 is 14.3 Å². The largest absolute Gasteiger partial charge is 0.469 e. The van der Waals surface area contributed by atoms with Gasteiger partial charge < -0.3 is 4.74 Å². The van der Waals surface area contributed by atoms with Crippen molar-refractivity contribution in [1.82, 2.24) is 0 Å². The first-order valence-electron chi connectivity index (χ1n) is 7.96. The highest BCUT2D eigenvalue weighted by molar-refractivity contribution is 5.89. The SMILES string of the molecule is CCCCCC(=O)/C=C/[C@H]1[C@@H]2CC[C@@H](C2)[C@@H]1C(=O)OC. The zero-order valence-electron chi connectivity index (χ0n) is 12.6. The molecule has 0 radical (unpaired) electrons. The van der Waals surface area contributed by atoms with E-state index in [1.54, 1.807) is 6.08 Å². The fourth-order valence-corrected chi connectivity index (χ4v) is 3.95. The van der Waals surface area contributed by atoms with Crippen molar-refractivity contribution in [3.8, 4) is 0 Å². The van der Waals surface area contributed by atoms with Gasteiger partial charge in [-0.05, 0) is 49.5 Å².